The molecule has 0 fully saturated rings. The first kappa shape index (κ1) is 13.3. The minimum atomic E-state index is -0.177. The summed E-state index contributed by atoms with van der Waals surface area (Å²) < 4.78 is 7.91. The lowest BCUT2D eigenvalue weighted by Crippen LogP contribution is -2.27. The van der Waals surface area contributed by atoms with Gasteiger partial charge in [0.1, 0.15) is 11.4 Å². The number of H-pyrrole nitrogens is 1. The number of nitrogens with zero attached hydrogens (tertiary/aromatic N) is 1. The molecule has 1 N–H and O–H groups in total. The smallest absolute Gasteiger partial charge is 0.328 e. The van der Waals surface area contributed by atoms with E-state index < -0.39 is 0 Å². The van der Waals surface area contributed by atoms with Crippen molar-refractivity contribution in [1.82, 2.24) is 9.55 Å². The summed E-state index contributed by atoms with van der Waals surface area (Å²) >= 11 is 5.21. The van der Waals surface area contributed by atoms with Gasteiger partial charge in [-0.25, -0.2) is 4.79 Å². The molecule has 0 unspecified atom stereocenters. The van der Waals surface area contributed by atoms with Gasteiger partial charge in [0.15, 0.2) is 0 Å². The van der Waals surface area contributed by atoms with E-state index in [1.54, 1.807) is 4.57 Å². The summed E-state index contributed by atoms with van der Waals surface area (Å²) in [4.78, 5) is 14.7. The van der Waals surface area contributed by atoms with Crippen LogP contribution in [0.1, 0.15) is 23.2 Å². The Morgan fingerprint density at radius 1 is 1.25 bits per heavy atom. The van der Waals surface area contributed by atoms with Crippen LogP contribution in [-0.4, -0.2) is 9.55 Å². The minimum Gasteiger partial charge on any atom is -0.356 e. The Morgan fingerprint density at radius 2 is 2.05 bits per heavy atom. The average Bonchev–Trinajstić information content (AvgIpc) is 2.93. The van der Waals surface area contributed by atoms with Gasteiger partial charge in [0.25, 0.3) is 0 Å². The van der Waals surface area contributed by atoms with E-state index in [2.05, 4.69) is 4.98 Å². The first-order valence-corrected chi connectivity index (χ1v) is 7.13. The van der Waals surface area contributed by atoms with E-state index in [4.69, 9.17) is 17.0 Å². The quantitative estimate of drug-likeness (QED) is 0.880. The number of hydrogen-bond donors (Lipinski definition) is 1. The van der Waals surface area contributed by atoms with E-state index in [0.717, 1.165) is 36.1 Å². The lowest BCUT2D eigenvalue weighted by Gasteiger charge is -2.12. The average molecular weight is 288 g/mol. The maximum Gasteiger partial charge on any atom is 0.328 e. The molecule has 1 heterocycles. The van der Waals surface area contributed by atoms with Crippen LogP contribution in [0.2, 0.25) is 0 Å². The standard InChI is InChI=1S/C15H16N2O2S/c18-15-16-14(20)12-7-4-8-13(12)17(15)10-19-9-11-5-2-1-3-6-11/h1-3,5-6H,4,7-10H2,(H,16,18,20). The molecule has 0 bridgehead atoms. The molecule has 1 aromatic heterocycles. The molecule has 20 heavy (non-hydrogen) atoms. The SMILES string of the molecule is O=c1[nH]c(=S)c2c(n1COCc1ccccc1)CCC2. The molecule has 0 amide bonds. The number of ether oxygens (including phenoxy) is 1. The molecular weight excluding hydrogens is 272 g/mol. The largest absolute Gasteiger partial charge is 0.356 e. The molecule has 4 nitrogen and oxygen atoms in total. The predicted molar refractivity (Wildman–Crippen MR) is 79.1 cm³/mol. The van der Waals surface area contributed by atoms with Crippen molar-refractivity contribution in [3.63, 3.8) is 0 Å². The van der Waals surface area contributed by atoms with Crippen molar-refractivity contribution in [2.24, 2.45) is 0 Å². The Kier molecular flexibility index (Phi) is 3.80. The number of hydrogen-bond acceptors (Lipinski definition) is 3. The molecule has 0 atom stereocenters. The number of aromatic nitrogens is 2. The lowest BCUT2D eigenvalue weighted by atomic mass is 10.2. The van der Waals surface area contributed by atoms with Crippen molar-refractivity contribution >= 4 is 12.2 Å². The van der Waals surface area contributed by atoms with Crippen LogP contribution in [0.25, 0.3) is 0 Å². The van der Waals surface area contributed by atoms with Gasteiger partial charge >= 0.3 is 5.69 Å². The fraction of sp³-hybridized carbons (Fsp3) is 0.333. The molecule has 0 saturated heterocycles. The summed E-state index contributed by atoms with van der Waals surface area (Å²) in [5, 5.41) is 0. The van der Waals surface area contributed by atoms with Gasteiger partial charge < -0.3 is 4.74 Å². The number of benzene rings is 1. The van der Waals surface area contributed by atoms with E-state index >= 15 is 0 Å². The molecule has 3 rings (SSSR count). The lowest BCUT2D eigenvalue weighted by molar-refractivity contribution is 0.0591. The van der Waals surface area contributed by atoms with Gasteiger partial charge in [-0.3, -0.25) is 9.55 Å². The molecule has 5 heteroatoms. The van der Waals surface area contributed by atoms with E-state index in [0.29, 0.717) is 11.2 Å². The number of nitrogens with one attached hydrogen (secondary N) is 1. The van der Waals surface area contributed by atoms with Crippen LogP contribution in [-0.2, 0) is 30.9 Å². The maximum absolute atomic E-state index is 12.0. The molecular formula is C15H16N2O2S. The third-order valence-corrected chi connectivity index (χ3v) is 3.93. The van der Waals surface area contributed by atoms with E-state index in [1.165, 1.54) is 0 Å². The number of fused-ring (bicyclic) bond motifs is 1. The van der Waals surface area contributed by atoms with Gasteiger partial charge in [-0.05, 0) is 24.8 Å². The minimum absolute atomic E-state index is 0.177. The van der Waals surface area contributed by atoms with Crippen molar-refractivity contribution in [3.8, 4) is 0 Å². The Morgan fingerprint density at radius 3 is 2.85 bits per heavy atom. The summed E-state index contributed by atoms with van der Waals surface area (Å²) in [7, 11) is 0. The van der Waals surface area contributed by atoms with Crippen LogP contribution in [0, 0.1) is 4.64 Å². The van der Waals surface area contributed by atoms with Crippen LogP contribution >= 0.6 is 12.2 Å². The third kappa shape index (κ3) is 2.59. The molecule has 0 spiro atoms. The van der Waals surface area contributed by atoms with Gasteiger partial charge in [-0.15, -0.1) is 0 Å². The van der Waals surface area contributed by atoms with Crippen molar-refractivity contribution in [3.05, 3.63) is 62.3 Å². The second-order valence-electron chi connectivity index (χ2n) is 4.93. The van der Waals surface area contributed by atoms with Crippen LogP contribution in [0.3, 0.4) is 0 Å². The summed E-state index contributed by atoms with van der Waals surface area (Å²) in [6.07, 6.45) is 2.90. The Bertz CT molecular complexity index is 719. The second kappa shape index (κ2) is 5.73. The Labute approximate surface area is 122 Å². The summed E-state index contributed by atoms with van der Waals surface area (Å²) in [5.41, 5.74) is 3.06. The van der Waals surface area contributed by atoms with Gasteiger partial charge in [0, 0.05) is 11.3 Å². The fourth-order valence-electron chi connectivity index (χ4n) is 2.60. The first-order valence-electron chi connectivity index (χ1n) is 6.72. The van der Waals surface area contributed by atoms with Crippen molar-refractivity contribution in [1.29, 1.82) is 0 Å². The first-order chi connectivity index (χ1) is 9.75. The monoisotopic (exact) mass is 288 g/mol. The van der Waals surface area contributed by atoms with Gasteiger partial charge in [0.05, 0.1) is 6.61 Å². The fourth-order valence-corrected chi connectivity index (χ4v) is 2.91. The zero-order valence-corrected chi connectivity index (χ0v) is 11.9. The van der Waals surface area contributed by atoms with Gasteiger partial charge in [0.2, 0.25) is 0 Å². The van der Waals surface area contributed by atoms with Crippen molar-refractivity contribution in [2.45, 2.75) is 32.6 Å². The molecule has 0 saturated carbocycles. The molecule has 1 aromatic carbocycles. The zero-order valence-electron chi connectivity index (χ0n) is 11.1. The van der Waals surface area contributed by atoms with Gasteiger partial charge in [-0.1, -0.05) is 42.5 Å². The van der Waals surface area contributed by atoms with E-state index in [1.807, 2.05) is 30.3 Å². The van der Waals surface area contributed by atoms with Crippen molar-refractivity contribution in [2.75, 3.05) is 0 Å². The number of aromatic amines is 1. The highest BCUT2D eigenvalue weighted by Gasteiger charge is 2.17. The molecule has 0 aliphatic heterocycles. The normalized spacial score (nSPS) is 13.4. The van der Waals surface area contributed by atoms with E-state index in [9.17, 15) is 4.79 Å². The molecule has 1 aliphatic rings. The highest BCUT2D eigenvalue weighted by molar-refractivity contribution is 7.71. The molecule has 2 aromatic rings. The van der Waals surface area contributed by atoms with Crippen LogP contribution in [0.5, 0.6) is 0 Å². The topological polar surface area (TPSA) is 47.0 Å². The Balaban J connectivity index is 1.77. The molecule has 104 valence electrons. The zero-order chi connectivity index (χ0) is 13.9. The van der Waals surface area contributed by atoms with E-state index in [-0.39, 0.29) is 12.4 Å². The summed E-state index contributed by atoms with van der Waals surface area (Å²) in [5.74, 6) is 0. The van der Waals surface area contributed by atoms with Gasteiger partial charge in [-0.2, -0.15) is 0 Å². The van der Waals surface area contributed by atoms with Crippen LogP contribution < -0.4 is 5.69 Å². The highest BCUT2D eigenvalue weighted by atomic mass is 32.1. The predicted octanol–water partition coefficient (Wildman–Crippen LogP) is 2.57. The Hall–Kier alpha value is -1.72. The summed E-state index contributed by atoms with van der Waals surface area (Å²) in [6, 6.07) is 9.93. The highest BCUT2D eigenvalue weighted by Crippen LogP contribution is 2.20. The third-order valence-electron chi connectivity index (χ3n) is 3.59. The summed E-state index contributed by atoms with van der Waals surface area (Å²) in [6.45, 7) is 0.764. The molecule has 1 aliphatic carbocycles. The number of rotatable bonds is 4. The van der Waals surface area contributed by atoms with Crippen LogP contribution in [0.15, 0.2) is 35.1 Å². The van der Waals surface area contributed by atoms with Crippen molar-refractivity contribution < 1.29 is 4.74 Å². The molecule has 0 radical (unpaired) electrons. The second-order valence-corrected chi connectivity index (χ2v) is 5.34. The van der Waals surface area contributed by atoms with Crippen LogP contribution in [0.4, 0.5) is 0 Å². The maximum atomic E-state index is 12.0.